The number of hydrogen-bond donors (Lipinski definition) is 0. The van der Waals surface area contributed by atoms with E-state index in [2.05, 4.69) is 25.8 Å². The smallest absolute Gasteiger partial charge is 0.216 e. The summed E-state index contributed by atoms with van der Waals surface area (Å²) >= 11 is 3.40. The van der Waals surface area contributed by atoms with Gasteiger partial charge in [-0.05, 0) is 54.9 Å². The van der Waals surface area contributed by atoms with Crippen molar-refractivity contribution in [2.75, 3.05) is 26.2 Å². The number of piperidine rings is 1. The number of rotatable bonds is 4. The van der Waals surface area contributed by atoms with Crippen molar-refractivity contribution in [1.29, 1.82) is 0 Å². The van der Waals surface area contributed by atoms with Gasteiger partial charge in [0, 0.05) is 22.8 Å². The quantitative estimate of drug-likeness (QED) is 0.854. The van der Waals surface area contributed by atoms with Gasteiger partial charge in [0.1, 0.15) is 6.61 Å². The summed E-state index contributed by atoms with van der Waals surface area (Å²) in [7, 11) is 0. The molecule has 2 heterocycles. The molecule has 4 heteroatoms. The number of halogens is 1. The molecule has 1 aliphatic heterocycles. The van der Waals surface area contributed by atoms with Crippen molar-refractivity contribution in [3.8, 4) is 5.88 Å². The third kappa shape index (κ3) is 3.96. The molecular formula is C13H19BrN2O. The fraction of sp³-hybridized carbons (Fsp3) is 0.615. The second-order valence-electron chi connectivity index (χ2n) is 4.53. The molecule has 1 aromatic heterocycles. The van der Waals surface area contributed by atoms with Crippen LogP contribution in [0.15, 0.2) is 16.7 Å². The van der Waals surface area contributed by atoms with Crippen LogP contribution in [-0.4, -0.2) is 36.1 Å². The van der Waals surface area contributed by atoms with Gasteiger partial charge in [-0.3, -0.25) is 4.90 Å². The average Bonchev–Trinajstić information content (AvgIpc) is 2.33. The van der Waals surface area contributed by atoms with Crippen molar-refractivity contribution < 1.29 is 4.74 Å². The van der Waals surface area contributed by atoms with Gasteiger partial charge < -0.3 is 4.74 Å². The topological polar surface area (TPSA) is 25.4 Å². The lowest BCUT2D eigenvalue weighted by Gasteiger charge is -2.26. The zero-order valence-electron chi connectivity index (χ0n) is 10.3. The molecular weight excluding hydrogens is 280 g/mol. The van der Waals surface area contributed by atoms with E-state index in [0.29, 0.717) is 0 Å². The van der Waals surface area contributed by atoms with Gasteiger partial charge in [0.25, 0.3) is 0 Å². The lowest BCUT2D eigenvalue weighted by molar-refractivity contribution is 0.180. The first-order chi connectivity index (χ1) is 8.25. The van der Waals surface area contributed by atoms with Gasteiger partial charge >= 0.3 is 0 Å². The third-order valence-electron chi connectivity index (χ3n) is 3.09. The van der Waals surface area contributed by atoms with E-state index in [1.54, 1.807) is 6.20 Å². The van der Waals surface area contributed by atoms with Crippen LogP contribution in [0.3, 0.4) is 0 Å². The predicted octanol–water partition coefficient (Wildman–Crippen LogP) is 3.02. The van der Waals surface area contributed by atoms with Crippen LogP contribution in [0.25, 0.3) is 0 Å². The molecule has 3 nitrogen and oxygen atoms in total. The fourth-order valence-corrected chi connectivity index (χ4v) is 2.58. The van der Waals surface area contributed by atoms with Crippen LogP contribution in [0, 0.1) is 6.92 Å². The molecule has 0 aliphatic carbocycles. The Morgan fingerprint density at radius 1 is 1.35 bits per heavy atom. The lowest BCUT2D eigenvalue weighted by atomic mass is 10.1. The zero-order chi connectivity index (χ0) is 12.1. The Labute approximate surface area is 111 Å². The van der Waals surface area contributed by atoms with E-state index in [-0.39, 0.29) is 0 Å². The van der Waals surface area contributed by atoms with E-state index in [9.17, 15) is 0 Å². The Bertz CT molecular complexity index is 364. The van der Waals surface area contributed by atoms with Gasteiger partial charge in [0.2, 0.25) is 5.88 Å². The SMILES string of the molecule is Cc1cc(Br)cnc1OCCN1CCCCC1. The molecule has 0 N–H and O–H groups in total. The molecule has 0 bridgehead atoms. The van der Waals surface area contributed by atoms with Gasteiger partial charge in [-0.15, -0.1) is 0 Å². The van der Waals surface area contributed by atoms with E-state index in [4.69, 9.17) is 4.74 Å². The van der Waals surface area contributed by atoms with E-state index >= 15 is 0 Å². The molecule has 2 rings (SSSR count). The van der Waals surface area contributed by atoms with E-state index in [1.165, 1.54) is 32.4 Å². The average molecular weight is 299 g/mol. The van der Waals surface area contributed by atoms with E-state index < -0.39 is 0 Å². The summed E-state index contributed by atoms with van der Waals surface area (Å²) in [5.41, 5.74) is 1.08. The van der Waals surface area contributed by atoms with Crippen molar-refractivity contribution in [1.82, 2.24) is 9.88 Å². The van der Waals surface area contributed by atoms with Crippen LogP contribution < -0.4 is 4.74 Å². The van der Waals surface area contributed by atoms with Gasteiger partial charge in [-0.2, -0.15) is 0 Å². The van der Waals surface area contributed by atoms with Gasteiger partial charge in [0.15, 0.2) is 0 Å². The van der Waals surface area contributed by atoms with Crippen LogP contribution in [0.5, 0.6) is 5.88 Å². The number of aromatic nitrogens is 1. The summed E-state index contributed by atoms with van der Waals surface area (Å²) in [6, 6.07) is 2.03. The summed E-state index contributed by atoms with van der Waals surface area (Å²) in [5, 5.41) is 0. The van der Waals surface area contributed by atoms with Crippen LogP contribution in [0.2, 0.25) is 0 Å². The summed E-state index contributed by atoms with van der Waals surface area (Å²) in [6.45, 7) is 6.20. The number of hydrogen-bond acceptors (Lipinski definition) is 3. The summed E-state index contributed by atoms with van der Waals surface area (Å²) in [6.07, 6.45) is 5.82. The number of ether oxygens (including phenoxy) is 1. The van der Waals surface area contributed by atoms with Crippen LogP contribution in [-0.2, 0) is 0 Å². The molecule has 0 radical (unpaired) electrons. The number of nitrogens with zero attached hydrogens (tertiary/aromatic N) is 2. The molecule has 0 spiro atoms. The molecule has 17 heavy (non-hydrogen) atoms. The molecule has 1 fully saturated rings. The van der Waals surface area contributed by atoms with Crippen molar-refractivity contribution >= 4 is 15.9 Å². The molecule has 1 aromatic rings. The number of aryl methyl sites for hydroxylation is 1. The maximum atomic E-state index is 5.72. The minimum Gasteiger partial charge on any atom is -0.476 e. The highest BCUT2D eigenvalue weighted by molar-refractivity contribution is 9.10. The Morgan fingerprint density at radius 2 is 2.12 bits per heavy atom. The summed E-state index contributed by atoms with van der Waals surface area (Å²) in [5.74, 6) is 0.755. The summed E-state index contributed by atoms with van der Waals surface area (Å²) in [4.78, 5) is 6.74. The van der Waals surface area contributed by atoms with Crippen LogP contribution in [0.1, 0.15) is 24.8 Å². The Kier molecular flexibility index (Phi) is 4.80. The Morgan fingerprint density at radius 3 is 2.82 bits per heavy atom. The molecule has 1 saturated heterocycles. The van der Waals surface area contributed by atoms with Gasteiger partial charge in [-0.25, -0.2) is 4.98 Å². The molecule has 0 unspecified atom stereocenters. The van der Waals surface area contributed by atoms with Crippen molar-refractivity contribution in [2.45, 2.75) is 26.2 Å². The maximum Gasteiger partial charge on any atom is 0.216 e. The highest BCUT2D eigenvalue weighted by atomic mass is 79.9. The van der Waals surface area contributed by atoms with Gasteiger partial charge in [0.05, 0.1) is 0 Å². The van der Waals surface area contributed by atoms with Crippen molar-refractivity contribution in [2.24, 2.45) is 0 Å². The molecule has 1 aliphatic rings. The van der Waals surface area contributed by atoms with Crippen LogP contribution >= 0.6 is 15.9 Å². The first kappa shape index (κ1) is 12.8. The monoisotopic (exact) mass is 298 g/mol. The normalized spacial score (nSPS) is 17.1. The summed E-state index contributed by atoms with van der Waals surface area (Å²) < 4.78 is 6.72. The highest BCUT2D eigenvalue weighted by Crippen LogP contribution is 2.18. The molecule has 94 valence electrons. The second kappa shape index (κ2) is 6.36. The van der Waals surface area contributed by atoms with Gasteiger partial charge in [-0.1, -0.05) is 6.42 Å². The molecule has 0 amide bonds. The lowest BCUT2D eigenvalue weighted by Crippen LogP contribution is -2.33. The minimum absolute atomic E-state index is 0.732. The standard InChI is InChI=1S/C13H19BrN2O/c1-11-9-12(14)10-15-13(11)17-8-7-16-5-3-2-4-6-16/h9-10H,2-8H2,1H3. The molecule has 0 aromatic carbocycles. The third-order valence-corrected chi connectivity index (χ3v) is 3.53. The van der Waals surface area contributed by atoms with Crippen molar-refractivity contribution in [3.63, 3.8) is 0 Å². The zero-order valence-corrected chi connectivity index (χ0v) is 11.9. The first-order valence-corrected chi connectivity index (χ1v) is 7.02. The van der Waals surface area contributed by atoms with E-state index in [1.807, 2.05) is 13.0 Å². The minimum atomic E-state index is 0.732. The second-order valence-corrected chi connectivity index (χ2v) is 5.44. The number of likely N-dealkylation sites (tertiary alicyclic amines) is 1. The predicted molar refractivity (Wildman–Crippen MR) is 72.5 cm³/mol. The first-order valence-electron chi connectivity index (χ1n) is 6.23. The Balaban J connectivity index is 1.77. The Hall–Kier alpha value is -0.610. The largest absolute Gasteiger partial charge is 0.476 e. The maximum absolute atomic E-state index is 5.72. The van der Waals surface area contributed by atoms with Crippen molar-refractivity contribution in [3.05, 3.63) is 22.3 Å². The van der Waals surface area contributed by atoms with Crippen LogP contribution in [0.4, 0.5) is 0 Å². The highest BCUT2D eigenvalue weighted by Gasteiger charge is 2.10. The van der Waals surface area contributed by atoms with E-state index in [0.717, 1.165) is 29.1 Å². The molecule has 0 saturated carbocycles. The molecule has 0 atom stereocenters. The number of pyridine rings is 1. The fourth-order valence-electron chi connectivity index (χ4n) is 2.13.